The summed E-state index contributed by atoms with van der Waals surface area (Å²) in [7, 11) is 0. The van der Waals surface area contributed by atoms with Gasteiger partial charge >= 0.3 is 0 Å². The zero-order valence-electron chi connectivity index (χ0n) is 11.5. The number of hydrogen-bond acceptors (Lipinski definition) is 2. The molecule has 0 saturated heterocycles. The summed E-state index contributed by atoms with van der Waals surface area (Å²) in [4.78, 5) is 0. The predicted molar refractivity (Wildman–Crippen MR) is 74.3 cm³/mol. The Morgan fingerprint density at radius 1 is 0.941 bits per heavy atom. The predicted octanol–water partition coefficient (Wildman–Crippen LogP) is 3.08. The van der Waals surface area contributed by atoms with E-state index in [9.17, 15) is 0 Å². The summed E-state index contributed by atoms with van der Waals surface area (Å²) in [5, 5.41) is 7.33. The van der Waals surface area contributed by atoms with Gasteiger partial charge in [-0.25, -0.2) is 0 Å². The third kappa shape index (κ3) is 5.87. The summed E-state index contributed by atoms with van der Waals surface area (Å²) < 4.78 is 0. The molecule has 100 valence electrons. The lowest BCUT2D eigenvalue weighted by atomic mass is 9.91. The zero-order valence-corrected chi connectivity index (χ0v) is 11.5. The molecule has 0 bridgehead atoms. The van der Waals surface area contributed by atoms with E-state index in [-0.39, 0.29) is 0 Å². The van der Waals surface area contributed by atoms with Crippen LogP contribution in [0.5, 0.6) is 0 Å². The van der Waals surface area contributed by atoms with Crippen molar-refractivity contribution in [1.82, 2.24) is 10.6 Å². The molecular formula is C15H30N2. The molecule has 0 aliphatic heterocycles. The molecule has 0 aromatic carbocycles. The van der Waals surface area contributed by atoms with Gasteiger partial charge in [-0.15, -0.1) is 0 Å². The van der Waals surface area contributed by atoms with Crippen LogP contribution in [0.4, 0.5) is 0 Å². The second-order valence-corrected chi connectivity index (χ2v) is 6.20. The van der Waals surface area contributed by atoms with E-state index in [2.05, 4.69) is 17.6 Å². The summed E-state index contributed by atoms with van der Waals surface area (Å²) in [6.45, 7) is 4.71. The first-order chi connectivity index (χ1) is 8.34. The topological polar surface area (TPSA) is 24.1 Å². The Balaban J connectivity index is 1.54. The molecular weight excluding hydrogens is 208 g/mol. The average molecular weight is 238 g/mol. The average Bonchev–Trinajstić information content (AvgIpc) is 3.08. The van der Waals surface area contributed by atoms with E-state index < -0.39 is 0 Å². The number of rotatable bonds is 6. The van der Waals surface area contributed by atoms with Crippen molar-refractivity contribution in [2.45, 2.75) is 76.8 Å². The second-order valence-electron chi connectivity index (χ2n) is 6.20. The summed E-state index contributed by atoms with van der Waals surface area (Å²) in [5.74, 6) is 0.943. The van der Waals surface area contributed by atoms with Gasteiger partial charge in [-0.05, 0) is 45.1 Å². The molecule has 0 amide bonds. The van der Waals surface area contributed by atoms with Gasteiger partial charge in [0, 0.05) is 18.6 Å². The van der Waals surface area contributed by atoms with Crippen LogP contribution in [0.15, 0.2) is 0 Å². The molecule has 0 radical (unpaired) electrons. The molecule has 2 rings (SSSR count). The van der Waals surface area contributed by atoms with Gasteiger partial charge in [0.2, 0.25) is 0 Å². The van der Waals surface area contributed by atoms with Gasteiger partial charge in [-0.3, -0.25) is 0 Å². The van der Waals surface area contributed by atoms with E-state index in [0.717, 1.165) is 18.5 Å². The highest BCUT2D eigenvalue weighted by Crippen LogP contribution is 2.21. The monoisotopic (exact) mass is 238 g/mol. The Hall–Kier alpha value is -0.0800. The van der Waals surface area contributed by atoms with Crippen molar-refractivity contribution in [3.05, 3.63) is 0 Å². The maximum Gasteiger partial charge on any atom is 0.0164 e. The standard InChI is InChI=1S/C15H30N2/c1-13(11-17-15-9-10-15)16-12-14-7-5-3-2-4-6-8-14/h13-17H,2-12H2,1H3. The second kappa shape index (κ2) is 7.38. The van der Waals surface area contributed by atoms with Crippen LogP contribution in [-0.2, 0) is 0 Å². The van der Waals surface area contributed by atoms with Gasteiger partial charge in [-0.2, -0.15) is 0 Å². The van der Waals surface area contributed by atoms with Gasteiger partial charge in [-0.1, -0.05) is 32.1 Å². The molecule has 0 heterocycles. The van der Waals surface area contributed by atoms with Crippen molar-refractivity contribution in [3.8, 4) is 0 Å². The van der Waals surface area contributed by atoms with Gasteiger partial charge in [0.25, 0.3) is 0 Å². The highest BCUT2D eigenvalue weighted by Gasteiger charge is 2.21. The van der Waals surface area contributed by atoms with E-state index in [0.29, 0.717) is 6.04 Å². The van der Waals surface area contributed by atoms with Gasteiger partial charge in [0.15, 0.2) is 0 Å². The Bertz CT molecular complexity index is 193. The lowest BCUT2D eigenvalue weighted by Gasteiger charge is -2.22. The first-order valence-electron chi connectivity index (χ1n) is 7.81. The molecule has 1 unspecified atom stereocenters. The lowest BCUT2D eigenvalue weighted by Crippen LogP contribution is -2.39. The SMILES string of the molecule is CC(CNC1CC1)NCC1CCCCCCC1. The van der Waals surface area contributed by atoms with Crippen molar-refractivity contribution in [2.24, 2.45) is 5.92 Å². The third-order valence-electron chi connectivity index (χ3n) is 4.27. The molecule has 2 aliphatic rings. The van der Waals surface area contributed by atoms with Crippen LogP contribution in [0, 0.1) is 5.92 Å². The van der Waals surface area contributed by atoms with Crippen LogP contribution in [-0.4, -0.2) is 25.2 Å². The normalized spacial score (nSPS) is 25.2. The third-order valence-corrected chi connectivity index (χ3v) is 4.27. The number of hydrogen-bond donors (Lipinski definition) is 2. The fourth-order valence-corrected chi connectivity index (χ4v) is 2.82. The minimum Gasteiger partial charge on any atom is -0.313 e. The van der Waals surface area contributed by atoms with Crippen LogP contribution in [0.25, 0.3) is 0 Å². The highest BCUT2D eigenvalue weighted by molar-refractivity contribution is 4.82. The summed E-state index contributed by atoms with van der Waals surface area (Å²) >= 11 is 0. The van der Waals surface area contributed by atoms with E-state index in [4.69, 9.17) is 0 Å². The molecule has 0 aromatic rings. The van der Waals surface area contributed by atoms with Crippen LogP contribution in [0.3, 0.4) is 0 Å². The van der Waals surface area contributed by atoms with Crippen LogP contribution in [0.1, 0.15) is 64.7 Å². The quantitative estimate of drug-likeness (QED) is 0.743. The molecule has 17 heavy (non-hydrogen) atoms. The Labute approximate surface area is 107 Å². The van der Waals surface area contributed by atoms with E-state index in [1.807, 2.05) is 0 Å². The maximum atomic E-state index is 3.72. The van der Waals surface area contributed by atoms with E-state index in [1.165, 1.54) is 64.3 Å². The Morgan fingerprint density at radius 3 is 2.24 bits per heavy atom. The molecule has 1 atom stereocenters. The molecule has 2 N–H and O–H groups in total. The van der Waals surface area contributed by atoms with Crippen molar-refractivity contribution in [1.29, 1.82) is 0 Å². The largest absolute Gasteiger partial charge is 0.313 e. The maximum absolute atomic E-state index is 3.72. The first kappa shape index (κ1) is 13.4. The molecule has 2 aliphatic carbocycles. The van der Waals surface area contributed by atoms with E-state index >= 15 is 0 Å². The van der Waals surface area contributed by atoms with Crippen molar-refractivity contribution >= 4 is 0 Å². The fraction of sp³-hybridized carbons (Fsp3) is 1.00. The van der Waals surface area contributed by atoms with E-state index in [1.54, 1.807) is 0 Å². The smallest absolute Gasteiger partial charge is 0.0164 e. The van der Waals surface area contributed by atoms with Crippen LogP contribution in [0.2, 0.25) is 0 Å². The first-order valence-corrected chi connectivity index (χ1v) is 7.81. The number of nitrogens with one attached hydrogen (secondary N) is 2. The Kier molecular flexibility index (Phi) is 5.79. The molecule has 2 nitrogen and oxygen atoms in total. The lowest BCUT2D eigenvalue weighted by molar-refractivity contribution is 0.344. The van der Waals surface area contributed by atoms with Gasteiger partial charge < -0.3 is 10.6 Å². The van der Waals surface area contributed by atoms with Crippen molar-refractivity contribution in [3.63, 3.8) is 0 Å². The molecule has 2 heteroatoms. The molecule has 0 spiro atoms. The fourth-order valence-electron chi connectivity index (χ4n) is 2.82. The zero-order chi connectivity index (χ0) is 11.9. The van der Waals surface area contributed by atoms with Gasteiger partial charge in [0.05, 0.1) is 0 Å². The minimum atomic E-state index is 0.640. The minimum absolute atomic E-state index is 0.640. The van der Waals surface area contributed by atoms with Crippen LogP contribution < -0.4 is 10.6 Å². The van der Waals surface area contributed by atoms with Gasteiger partial charge in [0.1, 0.15) is 0 Å². The highest BCUT2D eigenvalue weighted by atomic mass is 15.0. The van der Waals surface area contributed by atoms with Crippen LogP contribution >= 0.6 is 0 Å². The summed E-state index contributed by atoms with van der Waals surface area (Å²) in [6.07, 6.45) is 13.0. The summed E-state index contributed by atoms with van der Waals surface area (Å²) in [6, 6.07) is 1.49. The molecule has 2 fully saturated rings. The molecule has 2 saturated carbocycles. The van der Waals surface area contributed by atoms with Crippen molar-refractivity contribution in [2.75, 3.05) is 13.1 Å². The van der Waals surface area contributed by atoms with Crippen molar-refractivity contribution < 1.29 is 0 Å². The summed E-state index contributed by atoms with van der Waals surface area (Å²) in [5.41, 5.74) is 0. The Morgan fingerprint density at radius 2 is 1.59 bits per heavy atom. The molecule has 0 aromatic heterocycles.